The zero-order valence-corrected chi connectivity index (χ0v) is 14.5. The van der Waals surface area contributed by atoms with Crippen LogP contribution in [0, 0.1) is 0 Å². The van der Waals surface area contributed by atoms with Crippen molar-refractivity contribution in [2.75, 3.05) is 31.2 Å². The lowest BCUT2D eigenvalue weighted by Gasteiger charge is -2.24. The Balaban J connectivity index is 2.26. The van der Waals surface area contributed by atoms with Gasteiger partial charge in [0.2, 0.25) is 0 Å². The second-order valence-corrected chi connectivity index (χ2v) is 5.50. The largest absolute Gasteiger partial charge is 0.464 e. The molecule has 1 aromatic heterocycles. The van der Waals surface area contributed by atoms with Crippen molar-refractivity contribution in [3.05, 3.63) is 40.2 Å². The molecule has 0 saturated heterocycles. The predicted molar refractivity (Wildman–Crippen MR) is 93.4 cm³/mol. The SMILES string of the molecule is CC(=O)OCCN(CCOC(C)=O)c1ccc2cc(C=O)c(=O)oc2c1. The third kappa shape index (κ3) is 5.17. The summed E-state index contributed by atoms with van der Waals surface area (Å²) in [5, 5.41) is 0.607. The van der Waals surface area contributed by atoms with E-state index in [0.29, 0.717) is 36.0 Å². The molecule has 0 radical (unpaired) electrons. The Kier molecular flexibility index (Phi) is 6.48. The van der Waals surface area contributed by atoms with Gasteiger partial charge in [-0.25, -0.2) is 4.79 Å². The number of carbonyl (C=O) groups is 3. The van der Waals surface area contributed by atoms with Gasteiger partial charge in [0.25, 0.3) is 0 Å². The third-order valence-electron chi connectivity index (χ3n) is 3.57. The zero-order chi connectivity index (χ0) is 19.1. The molecule has 8 nitrogen and oxygen atoms in total. The van der Waals surface area contributed by atoms with Crippen LogP contribution in [0.15, 0.2) is 33.5 Å². The highest BCUT2D eigenvalue weighted by Crippen LogP contribution is 2.21. The smallest absolute Gasteiger partial charge is 0.346 e. The van der Waals surface area contributed by atoms with Crippen molar-refractivity contribution < 1.29 is 28.3 Å². The zero-order valence-electron chi connectivity index (χ0n) is 14.5. The minimum atomic E-state index is -0.712. The van der Waals surface area contributed by atoms with Gasteiger partial charge in [-0.3, -0.25) is 14.4 Å². The number of fused-ring (bicyclic) bond motifs is 1. The van der Waals surface area contributed by atoms with Crippen LogP contribution >= 0.6 is 0 Å². The van der Waals surface area contributed by atoms with E-state index < -0.39 is 17.6 Å². The molecular weight excluding hydrogens is 342 g/mol. The van der Waals surface area contributed by atoms with Crippen LogP contribution in [0.5, 0.6) is 0 Å². The summed E-state index contributed by atoms with van der Waals surface area (Å²) in [5.74, 6) is -0.785. The first-order valence-electron chi connectivity index (χ1n) is 7.95. The fourth-order valence-electron chi connectivity index (χ4n) is 2.36. The molecule has 2 rings (SSSR count). The Hall–Kier alpha value is -3.16. The Morgan fingerprint density at radius 2 is 1.69 bits per heavy atom. The quantitative estimate of drug-likeness (QED) is 0.396. The second kappa shape index (κ2) is 8.80. The topological polar surface area (TPSA) is 103 Å². The van der Waals surface area contributed by atoms with Crippen LogP contribution in [-0.2, 0) is 19.1 Å². The summed E-state index contributed by atoms with van der Waals surface area (Å²) in [6.07, 6.45) is 0.448. The van der Waals surface area contributed by atoms with Gasteiger partial charge in [0.15, 0.2) is 6.29 Å². The number of carbonyl (C=O) groups excluding carboxylic acids is 3. The molecule has 0 fully saturated rings. The molecule has 0 aliphatic heterocycles. The predicted octanol–water partition coefficient (Wildman–Crippen LogP) is 1.54. The Morgan fingerprint density at radius 3 is 2.23 bits per heavy atom. The monoisotopic (exact) mass is 361 g/mol. The average molecular weight is 361 g/mol. The number of benzene rings is 1. The van der Waals surface area contributed by atoms with Gasteiger partial charge in [-0.05, 0) is 18.2 Å². The van der Waals surface area contributed by atoms with Gasteiger partial charge < -0.3 is 18.8 Å². The molecule has 138 valence electrons. The minimum Gasteiger partial charge on any atom is -0.464 e. The van der Waals surface area contributed by atoms with Crippen molar-refractivity contribution >= 4 is 34.9 Å². The van der Waals surface area contributed by atoms with E-state index in [1.807, 2.05) is 4.90 Å². The summed E-state index contributed by atoms with van der Waals surface area (Å²) < 4.78 is 15.1. The first kappa shape index (κ1) is 19.2. The molecule has 0 N–H and O–H groups in total. The summed E-state index contributed by atoms with van der Waals surface area (Å²) >= 11 is 0. The van der Waals surface area contributed by atoms with Gasteiger partial charge >= 0.3 is 17.6 Å². The molecular formula is C18H19NO7. The lowest BCUT2D eigenvalue weighted by atomic mass is 10.1. The van der Waals surface area contributed by atoms with E-state index >= 15 is 0 Å². The Labute approximate surface area is 149 Å². The Morgan fingerprint density at radius 1 is 1.08 bits per heavy atom. The van der Waals surface area contributed by atoms with Crippen molar-refractivity contribution in [1.29, 1.82) is 0 Å². The summed E-state index contributed by atoms with van der Waals surface area (Å²) in [6.45, 7) is 3.67. The molecule has 0 unspecified atom stereocenters. The van der Waals surface area contributed by atoms with Crippen molar-refractivity contribution in [3.63, 3.8) is 0 Å². The molecule has 0 saturated carbocycles. The summed E-state index contributed by atoms with van der Waals surface area (Å²) in [7, 11) is 0. The molecule has 0 amide bonds. The van der Waals surface area contributed by atoms with E-state index in [1.54, 1.807) is 18.2 Å². The Bertz CT molecular complexity index is 851. The molecule has 0 spiro atoms. The maximum atomic E-state index is 11.7. The summed E-state index contributed by atoms with van der Waals surface area (Å²) in [4.78, 5) is 46.3. The van der Waals surface area contributed by atoms with Gasteiger partial charge in [0, 0.05) is 31.0 Å². The van der Waals surface area contributed by atoms with E-state index in [2.05, 4.69) is 0 Å². The number of aldehydes is 1. The molecule has 0 atom stereocenters. The fourth-order valence-corrected chi connectivity index (χ4v) is 2.36. The molecule has 0 aliphatic carbocycles. The van der Waals surface area contributed by atoms with E-state index in [0.717, 1.165) is 0 Å². The van der Waals surface area contributed by atoms with Crippen molar-refractivity contribution in [3.8, 4) is 0 Å². The molecule has 8 heteroatoms. The number of nitrogens with zero attached hydrogens (tertiary/aromatic N) is 1. The molecule has 26 heavy (non-hydrogen) atoms. The van der Waals surface area contributed by atoms with Crippen molar-refractivity contribution in [1.82, 2.24) is 0 Å². The highest BCUT2D eigenvalue weighted by Gasteiger charge is 2.11. The molecule has 1 aromatic carbocycles. The lowest BCUT2D eigenvalue weighted by molar-refractivity contribution is -0.141. The van der Waals surface area contributed by atoms with Crippen LogP contribution in [0.4, 0.5) is 5.69 Å². The van der Waals surface area contributed by atoms with Crippen LogP contribution < -0.4 is 10.5 Å². The van der Waals surface area contributed by atoms with E-state index in [9.17, 15) is 19.2 Å². The summed E-state index contributed by atoms with van der Waals surface area (Å²) in [6, 6.07) is 6.59. The van der Waals surface area contributed by atoms with Gasteiger partial charge in [-0.1, -0.05) is 0 Å². The van der Waals surface area contributed by atoms with Gasteiger partial charge in [-0.15, -0.1) is 0 Å². The van der Waals surface area contributed by atoms with Gasteiger partial charge in [0.05, 0.1) is 13.1 Å². The van der Waals surface area contributed by atoms with Crippen LogP contribution in [0.2, 0.25) is 0 Å². The third-order valence-corrected chi connectivity index (χ3v) is 3.57. The van der Waals surface area contributed by atoms with Gasteiger partial charge in [0.1, 0.15) is 24.4 Å². The summed E-state index contributed by atoms with van der Waals surface area (Å²) in [5.41, 5.74) is 0.254. The van der Waals surface area contributed by atoms with Crippen LogP contribution in [0.3, 0.4) is 0 Å². The highest BCUT2D eigenvalue weighted by molar-refractivity contribution is 5.86. The molecule has 0 aliphatic rings. The first-order chi connectivity index (χ1) is 12.4. The minimum absolute atomic E-state index is 0.0492. The van der Waals surface area contributed by atoms with E-state index in [-0.39, 0.29) is 18.8 Å². The number of anilines is 1. The average Bonchev–Trinajstić information content (AvgIpc) is 2.58. The number of rotatable bonds is 8. The number of esters is 2. The standard InChI is InChI=1S/C18H19NO7/c1-12(21)24-7-5-19(6-8-25-13(2)22)16-4-3-14-9-15(11-20)18(23)26-17(14)10-16/h3-4,9-11H,5-8H2,1-2H3. The van der Waals surface area contributed by atoms with Crippen LogP contribution in [0.1, 0.15) is 24.2 Å². The van der Waals surface area contributed by atoms with E-state index in [1.165, 1.54) is 19.9 Å². The van der Waals surface area contributed by atoms with Crippen LogP contribution in [0.25, 0.3) is 11.0 Å². The number of hydrogen-bond donors (Lipinski definition) is 0. The first-order valence-corrected chi connectivity index (χ1v) is 7.95. The highest BCUT2D eigenvalue weighted by atomic mass is 16.5. The normalized spacial score (nSPS) is 10.4. The molecule has 1 heterocycles. The van der Waals surface area contributed by atoms with Crippen molar-refractivity contribution in [2.45, 2.75) is 13.8 Å². The number of hydrogen-bond acceptors (Lipinski definition) is 8. The molecule has 0 bridgehead atoms. The fraction of sp³-hybridized carbons (Fsp3) is 0.333. The van der Waals surface area contributed by atoms with Crippen LogP contribution in [-0.4, -0.2) is 44.5 Å². The van der Waals surface area contributed by atoms with E-state index in [4.69, 9.17) is 13.9 Å². The van der Waals surface area contributed by atoms with Crippen molar-refractivity contribution in [2.24, 2.45) is 0 Å². The maximum absolute atomic E-state index is 11.7. The second-order valence-electron chi connectivity index (χ2n) is 5.50. The molecule has 2 aromatic rings. The maximum Gasteiger partial charge on any atom is 0.346 e. The number of ether oxygens (including phenoxy) is 2. The lowest BCUT2D eigenvalue weighted by Crippen LogP contribution is -2.31. The van der Waals surface area contributed by atoms with Gasteiger partial charge in [-0.2, -0.15) is 0 Å².